The van der Waals surface area contributed by atoms with Gasteiger partial charge >= 0.3 is 0 Å². The number of rotatable bonds is 1. The van der Waals surface area contributed by atoms with E-state index in [1.54, 1.807) is 0 Å². The van der Waals surface area contributed by atoms with Gasteiger partial charge < -0.3 is 11.1 Å². The van der Waals surface area contributed by atoms with E-state index in [0.717, 1.165) is 0 Å². The lowest BCUT2D eigenvalue weighted by atomic mass is 10.1. The Bertz CT molecular complexity index is 510. The standard InChI is InChI=1S/C7H8N4O2/c8-6(12)4-3-1-2-9-7(13)5(3)11-10-4/h1-2H2,(H2,8,12)(H,9,13)(H,10,11)/i1D2,2D2. The summed E-state index contributed by atoms with van der Waals surface area (Å²) >= 11 is 0. The second-order valence-corrected chi connectivity index (χ2v) is 2.39. The summed E-state index contributed by atoms with van der Waals surface area (Å²) in [5.41, 5.74) is 3.79. The van der Waals surface area contributed by atoms with E-state index in [0.29, 0.717) is 0 Å². The van der Waals surface area contributed by atoms with Crippen molar-refractivity contribution in [1.82, 2.24) is 15.5 Å². The predicted octanol–water partition coefficient (Wildman–Crippen LogP) is -1.21. The number of aromatic nitrogens is 2. The number of hydrogen-bond acceptors (Lipinski definition) is 3. The number of hydrogen-bond donors (Lipinski definition) is 3. The maximum atomic E-state index is 11.5. The van der Waals surface area contributed by atoms with Crippen LogP contribution in [0.15, 0.2) is 0 Å². The van der Waals surface area contributed by atoms with Crippen LogP contribution in [-0.4, -0.2) is 28.5 Å². The predicted molar refractivity (Wildman–Crippen MR) is 43.1 cm³/mol. The van der Waals surface area contributed by atoms with E-state index in [9.17, 15) is 9.59 Å². The molecule has 0 spiro atoms. The molecule has 1 aromatic rings. The molecule has 0 fully saturated rings. The van der Waals surface area contributed by atoms with Crippen LogP contribution in [0, 0.1) is 0 Å². The highest BCUT2D eigenvalue weighted by Gasteiger charge is 2.24. The highest BCUT2D eigenvalue weighted by atomic mass is 16.2. The van der Waals surface area contributed by atoms with Crippen LogP contribution in [0.2, 0.25) is 0 Å². The van der Waals surface area contributed by atoms with Gasteiger partial charge in [0.25, 0.3) is 11.8 Å². The number of carbonyl (C=O) groups is 2. The van der Waals surface area contributed by atoms with Crippen LogP contribution < -0.4 is 11.1 Å². The summed E-state index contributed by atoms with van der Waals surface area (Å²) in [6.07, 6.45) is -2.60. The summed E-state index contributed by atoms with van der Waals surface area (Å²) in [7, 11) is 0. The van der Waals surface area contributed by atoms with Crippen molar-refractivity contribution in [2.24, 2.45) is 5.73 Å². The first-order valence-electron chi connectivity index (χ1n) is 5.39. The molecular weight excluding hydrogens is 172 g/mol. The monoisotopic (exact) mass is 184 g/mol. The average molecular weight is 184 g/mol. The Kier molecular flexibility index (Phi) is 0.874. The maximum Gasteiger partial charge on any atom is 0.269 e. The fourth-order valence-electron chi connectivity index (χ4n) is 1.02. The quantitative estimate of drug-likeness (QED) is 0.510. The van der Waals surface area contributed by atoms with Crippen molar-refractivity contribution in [2.45, 2.75) is 6.37 Å². The SMILES string of the molecule is [2H]C1([2H])NC(=O)c2[nH]nc(C(N)=O)c2C1([2H])[2H]. The van der Waals surface area contributed by atoms with Crippen molar-refractivity contribution in [1.29, 1.82) is 0 Å². The number of carbonyl (C=O) groups excluding carboxylic acids is 2. The van der Waals surface area contributed by atoms with E-state index >= 15 is 0 Å². The maximum absolute atomic E-state index is 11.5. The molecule has 0 bridgehead atoms. The van der Waals surface area contributed by atoms with Gasteiger partial charge in [-0.3, -0.25) is 14.7 Å². The van der Waals surface area contributed by atoms with Crippen LogP contribution in [0.1, 0.15) is 32.0 Å². The summed E-state index contributed by atoms with van der Waals surface area (Å²) in [5.74, 6) is -1.91. The van der Waals surface area contributed by atoms with Crippen molar-refractivity contribution in [3.63, 3.8) is 0 Å². The minimum atomic E-state index is -2.65. The Morgan fingerprint density at radius 3 is 3.15 bits per heavy atom. The van der Waals surface area contributed by atoms with Crippen LogP contribution in [0.4, 0.5) is 0 Å². The fraction of sp³-hybridized carbons (Fsp3) is 0.286. The molecule has 0 saturated carbocycles. The van der Waals surface area contributed by atoms with Crippen molar-refractivity contribution in [3.8, 4) is 0 Å². The minimum Gasteiger partial charge on any atom is -0.364 e. The molecule has 0 aromatic carbocycles. The summed E-state index contributed by atoms with van der Waals surface area (Å²) in [6.45, 7) is -2.65. The average Bonchev–Trinajstić information content (AvgIpc) is 2.59. The number of amides is 2. The van der Waals surface area contributed by atoms with Gasteiger partial charge in [0.1, 0.15) is 5.69 Å². The molecule has 0 atom stereocenters. The summed E-state index contributed by atoms with van der Waals surface area (Å²) < 4.78 is 30.2. The number of H-pyrrole nitrogens is 1. The molecule has 0 unspecified atom stereocenters. The van der Waals surface area contributed by atoms with Gasteiger partial charge in [-0.1, -0.05) is 0 Å². The van der Waals surface area contributed by atoms with Gasteiger partial charge in [-0.15, -0.1) is 0 Å². The van der Waals surface area contributed by atoms with Gasteiger partial charge in [0.05, 0.1) is 0 Å². The number of aromatic amines is 1. The Labute approximate surface area is 79.1 Å². The lowest BCUT2D eigenvalue weighted by molar-refractivity contribution is 0.0941. The Hall–Kier alpha value is -1.85. The Balaban J connectivity index is 2.75. The molecule has 13 heavy (non-hydrogen) atoms. The van der Waals surface area contributed by atoms with E-state index in [-0.39, 0.29) is 5.69 Å². The molecule has 68 valence electrons. The molecule has 0 aliphatic carbocycles. The lowest BCUT2D eigenvalue weighted by Crippen LogP contribution is -2.32. The lowest BCUT2D eigenvalue weighted by Gasteiger charge is -2.11. The number of nitrogens with two attached hydrogens (primary N) is 1. The van der Waals surface area contributed by atoms with Crippen LogP contribution in [0.5, 0.6) is 0 Å². The third-order valence-electron chi connectivity index (χ3n) is 1.59. The van der Waals surface area contributed by atoms with Crippen LogP contribution in [0.25, 0.3) is 0 Å². The number of nitrogens with one attached hydrogen (secondary N) is 2. The van der Waals surface area contributed by atoms with E-state index < -0.39 is 35.9 Å². The third kappa shape index (κ3) is 1.07. The molecule has 0 radical (unpaired) electrons. The van der Waals surface area contributed by atoms with Gasteiger partial charge in [-0.2, -0.15) is 5.10 Å². The van der Waals surface area contributed by atoms with E-state index in [4.69, 9.17) is 11.2 Å². The number of nitrogens with zero attached hydrogens (tertiary/aromatic N) is 1. The van der Waals surface area contributed by atoms with Gasteiger partial charge in [0.2, 0.25) is 0 Å². The van der Waals surface area contributed by atoms with E-state index in [1.165, 1.54) is 0 Å². The molecule has 1 aliphatic rings. The first-order valence-corrected chi connectivity index (χ1v) is 3.39. The zero-order chi connectivity index (χ0) is 13.0. The fourth-order valence-corrected chi connectivity index (χ4v) is 1.02. The van der Waals surface area contributed by atoms with Crippen LogP contribution >= 0.6 is 0 Å². The molecule has 1 aliphatic heterocycles. The zero-order valence-corrected chi connectivity index (χ0v) is 6.34. The molecule has 6 heteroatoms. The number of primary amides is 1. The van der Waals surface area contributed by atoms with Gasteiger partial charge in [0, 0.05) is 17.5 Å². The van der Waals surface area contributed by atoms with Crippen molar-refractivity contribution < 1.29 is 15.1 Å². The topological polar surface area (TPSA) is 101 Å². The molecule has 6 nitrogen and oxygen atoms in total. The molecule has 4 N–H and O–H groups in total. The Morgan fingerprint density at radius 2 is 2.46 bits per heavy atom. The molecule has 0 saturated heterocycles. The van der Waals surface area contributed by atoms with Gasteiger partial charge in [-0.25, -0.2) is 0 Å². The summed E-state index contributed by atoms with van der Waals surface area (Å²) in [6, 6.07) is 0. The van der Waals surface area contributed by atoms with Crippen LogP contribution in [-0.2, 0) is 6.37 Å². The molecule has 2 amide bonds. The summed E-state index contributed by atoms with van der Waals surface area (Å²) in [5, 5.41) is 7.47. The van der Waals surface area contributed by atoms with E-state index in [2.05, 4.69) is 10.2 Å². The Morgan fingerprint density at radius 1 is 1.69 bits per heavy atom. The normalized spacial score (nSPS) is 27.2. The van der Waals surface area contributed by atoms with E-state index in [1.807, 2.05) is 5.32 Å². The second-order valence-electron chi connectivity index (χ2n) is 2.39. The molecule has 2 rings (SSSR count). The molecule has 1 aromatic heterocycles. The smallest absolute Gasteiger partial charge is 0.269 e. The first-order chi connectivity index (χ1) is 7.68. The highest BCUT2D eigenvalue weighted by molar-refractivity contribution is 6.00. The van der Waals surface area contributed by atoms with Crippen LogP contribution in [0.3, 0.4) is 0 Å². The molecule has 2 heterocycles. The first kappa shape index (κ1) is 4.40. The van der Waals surface area contributed by atoms with Gasteiger partial charge in [0.15, 0.2) is 5.69 Å². The van der Waals surface area contributed by atoms with Crippen molar-refractivity contribution >= 4 is 11.8 Å². The largest absolute Gasteiger partial charge is 0.364 e. The van der Waals surface area contributed by atoms with Crippen molar-refractivity contribution in [3.05, 3.63) is 17.0 Å². The zero-order valence-electron chi connectivity index (χ0n) is 10.3. The van der Waals surface area contributed by atoms with Crippen molar-refractivity contribution in [2.75, 3.05) is 6.50 Å². The highest BCUT2D eigenvalue weighted by Crippen LogP contribution is 2.14. The second kappa shape index (κ2) is 2.58. The van der Waals surface area contributed by atoms with Gasteiger partial charge in [-0.05, 0) is 6.37 Å². The summed E-state index contributed by atoms with van der Waals surface area (Å²) in [4.78, 5) is 22.5. The third-order valence-corrected chi connectivity index (χ3v) is 1.59. The molecular formula is C7H8N4O2. The number of fused-ring (bicyclic) bond motifs is 1. The minimum absolute atomic E-state index is 0.293.